The maximum absolute atomic E-state index is 13.0. The number of benzene rings is 2. The van der Waals surface area contributed by atoms with Crippen molar-refractivity contribution in [2.24, 2.45) is 0 Å². The molecule has 4 amide bonds. The summed E-state index contributed by atoms with van der Waals surface area (Å²) in [5.41, 5.74) is 1.62. The van der Waals surface area contributed by atoms with E-state index in [2.05, 4.69) is 10.6 Å². The summed E-state index contributed by atoms with van der Waals surface area (Å²) < 4.78 is 0. The Labute approximate surface area is 172 Å². The minimum absolute atomic E-state index is 0.255. The van der Waals surface area contributed by atoms with Crippen LogP contribution >= 0.6 is 23.2 Å². The molecule has 1 atom stereocenters. The normalized spacial score (nSPS) is 19.0. The minimum Gasteiger partial charge on any atom is -0.324 e. The molecule has 0 saturated carbocycles. The quantitative estimate of drug-likeness (QED) is 0.734. The highest BCUT2D eigenvalue weighted by Crippen LogP contribution is 2.35. The molecule has 28 heavy (non-hydrogen) atoms. The highest BCUT2D eigenvalue weighted by Gasteiger charge is 2.50. The first-order chi connectivity index (χ1) is 13.1. The lowest BCUT2D eigenvalue weighted by molar-refractivity contribution is -0.133. The van der Waals surface area contributed by atoms with Crippen LogP contribution in [-0.4, -0.2) is 29.3 Å². The number of halogens is 2. The number of hydrogen-bond acceptors (Lipinski definition) is 3. The van der Waals surface area contributed by atoms with Crippen molar-refractivity contribution in [3.63, 3.8) is 0 Å². The predicted octanol–water partition coefficient (Wildman–Crippen LogP) is 4.02. The molecule has 1 heterocycles. The molecular formula is C20H19Cl2N3O3. The van der Waals surface area contributed by atoms with E-state index in [-0.39, 0.29) is 5.02 Å². The van der Waals surface area contributed by atoms with Crippen LogP contribution in [0.25, 0.3) is 0 Å². The molecule has 0 aliphatic carbocycles. The van der Waals surface area contributed by atoms with Gasteiger partial charge in [-0.05, 0) is 50.1 Å². The van der Waals surface area contributed by atoms with Crippen LogP contribution in [0, 0.1) is 13.8 Å². The Morgan fingerprint density at radius 1 is 1.18 bits per heavy atom. The Morgan fingerprint density at radius 2 is 1.89 bits per heavy atom. The summed E-state index contributed by atoms with van der Waals surface area (Å²) in [4.78, 5) is 38.7. The molecule has 2 aromatic carbocycles. The number of anilines is 1. The van der Waals surface area contributed by atoms with E-state index < -0.39 is 29.9 Å². The average molecular weight is 420 g/mol. The summed E-state index contributed by atoms with van der Waals surface area (Å²) in [7, 11) is 0. The van der Waals surface area contributed by atoms with Gasteiger partial charge >= 0.3 is 6.03 Å². The molecule has 8 heteroatoms. The van der Waals surface area contributed by atoms with Crippen LogP contribution in [0.3, 0.4) is 0 Å². The van der Waals surface area contributed by atoms with Crippen molar-refractivity contribution < 1.29 is 14.4 Å². The topological polar surface area (TPSA) is 78.5 Å². The highest BCUT2D eigenvalue weighted by atomic mass is 35.5. The zero-order valence-corrected chi connectivity index (χ0v) is 17.1. The lowest BCUT2D eigenvalue weighted by atomic mass is 9.92. The number of urea groups is 1. The van der Waals surface area contributed by atoms with Gasteiger partial charge in [-0.3, -0.25) is 14.5 Å². The lowest BCUT2D eigenvalue weighted by Crippen LogP contribution is -2.42. The van der Waals surface area contributed by atoms with Gasteiger partial charge in [0.25, 0.3) is 5.91 Å². The van der Waals surface area contributed by atoms with Gasteiger partial charge in [-0.1, -0.05) is 41.4 Å². The van der Waals surface area contributed by atoms with Gasteiger partial charge in [-0.25, -0.2) is 4.79 Å². The molecule has 0 radical (unpaired) electrons. The molecule has 146 valence electrons. The van der Waals surface area contributed by atoms with Gasteiger partial charge in [0.05, 0.1) is 0 Å². The molecule has 1 aliphatic rings. The van der Waals surface area contributed by atoms with Crippen LogP contribution in [0.4, 0.5) is 10.5 Å². The molecule has 0 bridgehead atoms. The van der Waals surface area contributed by atoms with Crippen LogP contribution in [0.5, 0.6) is 0 Å². The van der Waals surface area contributed by atoms with Crippen molar-refractivity contribution >= 4 is 46.7 Å². The molecule has 2 N–H and O–H groups in total. The van der Waals surface area contributed by atoms with Crippen LogP contribution in [0.2, 0.25) is 10.0 Å². The third-order valence-corrected chi connectivity index (χ3v) is 5.47. The minimum atomic E-state index is -1.38. The molecular weight excluding hydrogens is 401 g/mol. The number of carbonyl (C=O) groups is 3. The second kappa shape index (κ2) is 7.45. The molecule has 1 unspecified atom stereocenters. The summed E-state index contributed by atoms with van der Waals surface area (Å²) in [6.45, 7) is 4.96. The van der Waals surface area contributed by atoms with E-state index in [1.54, 1.807) is 25.1 Å². The summed E-state index contributed by atoms with van der Waals surface area (Å²) in [5.74, 6) is -1.03. The molecule has 3 rings (SSSR count). The van der Waals surface area contributed by atoms with E-state index in [0.717, 1.165) is 16.0 Å². The standard InChI is InChI=1S/C20H19Cl2N3O3/c1-11-5-4-6-16(12(11)2)23-17(26)10-25-18(27)20(3,24-19(25)28)14-8-7-13(21)9-15(14)22/h4-9H,10H2,1-3H3,(H,23,26)(H,24,28). The second-order valence-electron chi connectivity index (χ2n) is 6.87. The van der Waals surface area contributed by atoms with E-state index in [0.29, 0.717) is 16.3 Å². The smallest absolute Gasteiger partial charge is 0.324 e. The number of rotatable bonds is 4. The van der Waals surface area contributed by atoms with Gasteiger partial charge in [0.1, 0.15) is 12.1 Å². The van der Waals surface area contributed by atoms with Crippen molar-refractivity contribution in [1.29, 1.82) is 0 Å². The number of nitrogens with one attached hydrogen (secondary N) is 2. The third-order valence-electron chi connectivity index (χ3n) is 4.93. The third kappa shape index (κ3) is 3.57. The molecule has 2 aromatic rings. The fourth-order valence-electron chi connectivity index (χ4n) is 3.14. The zero-order chi connectivity index (χ0) is 20.6. The first kappa shape index (κ1) is 20.2. The Balaban J connectivity index is 1.80. The van der Waals surface area contributed by atoms with Crippen LogP contribution in [-0.2, 0) is 15.1 Å². The largest absolute Gasteiger partial charge is 0.325 e. The molecule has 6 nitrogen and oxygen atoms in total. The monoisotopic (exact) mass is 419 g/mol. The number of hydrogen-bond donors (Lipinski definition) is 2. The summed E-state index contributed by atoms with van der Waals surface area (Å²) in [5, 5.41) is 6.05. The maximum atomic E-state index is 13.0. The Bertz CT molecular complexity index is 993. The molecule has 1 saturated heterocycles. The van der Waals surface area contributed by atoms with Gasteiger partial charge in [0, 0.05) is 21.3 Å². The molecule has 0 aromatic heterocycles. The van der Waals surface area contributed by atoms with Crippen molar-refractivity contribution in [3.05, 3.63) is 63.1 Å². The number of aryl methyl sites for hydroxylation is 1. The van der Waals surface area contributed by atoms with Gasteiger partial charge in [0.15, 0.2) is 0 Å². The highest BCUT2D eigenvalue weighted by molar-refractivity contribution is 6.35. The van der Waals surface area contributed by atoms with Crippen molar-refractivity contribution in [3.8, 4) is 0 Å². The summed E-state index contributed by atoms with van der Waals surface area (Å²) >= 11 is 12.1. The number of imide groups is 1. The fraction of sp³-hybridized carbons (Fsp3) is 0.250. The average Bonchev–Trinajstić information content (AvgIpc) is 2.82. The number of nitrogens with zero attached hydrogens (tertiary/aromatic N) is 1. The van der Waals surface area contributed by atoms with Crippen LogP contribution in [0.1, 0.15) is 23.6 Å². The van der Waals surface area contributed by atoms with E-state index >= 15 is 0 Å². The Hall–Kier alpha value is -2.57. The predicted molar refractivity (Wildman–Crippen MR) is 109 cm³/mol. The van der Waals surface area contributed by atoms with Gasteiger partial charge in [-0.2, -0.15) is 0 Å². The summed E-state index contributed by atoms with van der Waals surface area (Å²) in [6, 6.07) is 9.54. The maximum Gasteiger partial charge on any atom is 0.325 e. The first-order valence-corrected chi connectivity index (χ1v) is 9.35. The number of carbonyl (C=O) groups excluding carboxylic acids is 3. The summed E-state index contributed by atoms with van der Waals surface area (Å²) in [6.07, 6.45) is 0. The van der Waals surface area contributed by atoms with Crippen molar-refractivity contribution in [2.75, 3.05) is 11.9 Å². The van der Waals surface area contributed by atoms with E-state index in [9.17, 15) is 14.4 Å². The van der Waals surface area contributed by atoms with Crippen molar-refractivity contribution in [1.82, 2.24) is 10.2 Å². The van der Waals surface area contributed by atoms with Gasteiger partial charge in [-0.15, -0.1) is 0 Å². The first-order valence-electron chi connectivity index (χ1n) is 8.59. The van der Waals surface area contributed by atoms with E-state index in [4.69, 9.17) is 23.2 Å². The Kier molecular flexibility index (Phi) is 5.37. The van der Waals surface area contributed by atoms with Crippen LogP contribution in [0.15, 0.2) is 36.4 Å². The van der Waals surface area contributed by atoms with E-state index in [1.165, 1.54) is 6.07 Å². The molecule has 1 aliphatic heterocycles. The zero-order valence-electron chi connectivity index (χ0n) is 15.6. The molecule has 1 fully saturated rings. The molecule has 0 spiro atoms. The van der Waals surface area contributed by atoms with Gasteiger partial charge < -0.3 is 10.6 Å². The SMILES string of the molecule is Cc1cccc(NC(=O)CN2C(=O)NC(C)(c3ccc(Cl)cc3Cl)C2=O)c1C. The Morgan fingerprint density at radius 3 is 2.57 bits per heavy atom. The van der Waals surface area contributed by atoms with Crippen molar-refractivity contribution in [2.45, 2.75) is 26.3 Å². The number of amides is 4. The van der Waals surface area contributed by atoms with Gasteiger partial charge in [0.2, 0.25) is 5.91 Å². The van der Waals surface area contributed by atoms with Crippen LogP contribution < -0.4 is 10.6 Å². The lowest BCUT2D eigenvalue weighted by Gasteiger charge is -2.23. The van der Waals surface area contributed by atoms with E-state index in [1.807, 2.05) is 26.0 Å². The second-order valence-corrected chi connectivity index (χ2v) is 7.71. The fourth-order valence-corrected chi connectivity index (χ4v) is 3.74.